The Hall–Kier alpha value is -0.414. The standard InChI is InChI=1S/C24H34O5S.K/c1-2-3-4-5-6-7-8-9-10-11-14-20-17-21(25)19-22(18-20)29-23-15-12-13-16-24(23)30(26,27)28;/h12-13,15-19,25H,2-11,14H2,1H3,(H,26,27,28);/q;+1/p-1. The normalized spacial score (nSPS) is 11.2. The van der Waals surface area contributed by atoms with Crippen LogP contribution >= 0.6 is 0 Å². The van der Waals surface area contributed by atoms with Crippen molar-refractivity contribution in [1.82, 2.24) is 0 Å². The van der Waals surface area contributed by atoms with Crippen LogP contribution in [0.1, 0.15) is 76.7 Å². The number of benzene rings is 2. The first-order chi connectivity index (χ1) is 14.4. The van der Waals surface area contributed by atoms with Gasteiger partial charge in [0.15, 0.2) is 0 Å². The molecule has 31 heavy (non-hydrogen) atoms. The average molecular weight is 473 g/mol. The van der Waals surface area contributed by atoms with E-state index in [1.165, 1.54) is 75.6 Å². The molecule has 0 aromatic heterocycles. The molecule has 0 aliphatic carbocycles. The number of rotatable bonds is 14. The molecule has 0 aliphatic heterocycles. The van der Waals surface area contributed by atoms with E-state index >= 15 is 0 Å². The molecule has 0 heterocycles. The van der Waals surface area contributed by atoms with Gasteiger partial charge >= 0.3 is 51.4 Å². The van der Waals surface area contributed by atoms with Crippen LogP contribution in [0.25, 0.3) is 0 Å². The molecule has 0 bridgehead atoms. The summed E-state index contributed by atoms with van der Waals surface area (Å²) in [6.07, 6.45) is 13.3. The molecule has 0 saturated heterocycles. The monoisotopic (exact) mass is 472 g/mol. The molecule has 0 saturated carbocycles. The van der Waals surface area contributed by atoms with Crippen LogP contribution in [-0.4, -0.2) is 13.0 Å². The van der Waals surface area contributed by atoms with Gasteiger partial charge in [0.25, 0.3) is 10.1 Å². The second-order valence-electron chi connectivity index (χ2n) is 7.77. The number of para-hydroxylation sites is 1. The maximum Gasteiger partial charge on any atom is 1.00 e. The van der Waals surface area contributed by atoms with Gasteiger partial charge in [-0.1, -0.05) is 82.9 Å². The molecule has 166 valence electrons. The largest absolute Gasteiger partial charge is 1.00 e. The van der Waals surface area contributed by atoms with Crippen LogP contribution in [0.5, 0.6) is 17.2 Å². The van der Waals surface area contributed by atoms with Gasteiger partial charge < -0.3 is 9.84 Å². The molecule has 2 rings (SSSR count). The van der Waals surface area contributed by atoms with E-state index in [-0.39, 0.29) is 73.5 Å². The number of aryl methyl sites for hydroxylation is 1. The van der Waals surface area contributed by atoms with Gasteiger partial charge in [-0.3, -0.25) is 4.55 Å². The van der Waals surface area contributed by atoms with Crippen molar-refractivity contribution in [2.24, 2.45) is 0 Å². The Kier molecular flexibility index (Phi) is 14.2. The van der Waals surface area contributed by atoms with Gasteiger partial charge in [-0.2, -0.15) is 8.42 Å². The molecule has 2 aromatic rings. The fourth-order valence-electron chi connectivity index (χ4n) is 3.53. The van der Waals surface area contributed by atoms with Crippen LogP contribution in [0, 0.1) is 0 Å². The zero-order chi connectivity index (χ0) is 21.8. The van der Waals surface area contributed by atoms with Crippen LogP contribution in [0.3, 0.4) is 0 Å². The fraction of sp³-hybridized carbons (Fsp3) is 0.500. The van der Waals surface area contributed by atoms with E-state index in [9.17, 15) is 18.1 Å². The SMILES string of the molecule is CCCCCCCCCCCCc1cc([O-])cc(Oc2ccccc2S(=O)(=O)O)c1.[K+]. The van der Waals surface area contributed by atoms with Gasteiger partial charge in [-0.15, -0.1) is 5.75 Å². The van der Waals surface area contributed by atoms with Gasteiger partial charge in [-0.05, 0) is 42.7 Å². The van der Waals surface area contributed by atoms with Crippen LogP contribution in [0.4, 0.5) is 0 Å². The smallest absolute Gasteiger partial charge is 0.872 e. The van der Waals surface area contributed by atoms with Gasteiger partial charge in [0.05, 0.1) is 0 Å². The van der Waals surface area contributed by atoms with Crippen molar-refractivity contribution in [2.75, 3.05) is 0 Å². The molecule has 0 radical (unpaired) electrons. The Balaban J connectivity index is 0.00000480. The topological polar surface area (TPSA) is 86.7 Å². The van der Waals surface area contributed by atoms with Gasteiger partial charge in [0, 0.05) is 0 Å². The van der Waals surface area contributed by atoms with Crippen molar-refractivity contribution < 1.29 is 74.2 Å². The minimum Gasteiger partial charge on any atom is -0.872 e. The summed E-state index contributed by atoms with van der Waals surface area (Å²) in [7, 11) is -4.41. The first-order valence-corrected chi connectivity index (χ1v) is 12.4. The van der Waals surface area contributed by atoms with E-state index in [1.807, 2.05) is 0 Å². The van der Waals surface area contributed by atoms with Crippen molar-refractivity contribution in [2.45, 2.75) is 82.4 Å². The molecule has 0 fully saturated rings. The zero-order valence-corrected chi connectivity index (χ0v) is 22.7. The minimum atomic E-state index is -4.41. The predicted octanol–water partition coefficient (Wildman–Crippen LogP) is 3.27. The predicted molar refractivity (Wildman–Crippen MR) is 118 cm³/mol. The second kappa shape index (κ2) is 15.4. The van der Waals surface area contributed by atoms with Crippen molar-refractivity contribution >= 4 is 10.1 Å². The quantitative estimate of drug-likeness (QED) is 0.259. The zero-order valence-electron chi connectivity index (χ0n) is 18.8. The summed E-state index contributed by atoms with van der Waals surface area (Å²) in [6.45, 7) is 2.23. The molecule has 0 unspecified atom stereocenters. The molecule has 5 nitrogen and oxygen atoms in total. The van der Waals surface area contributed by atoms with E-state index in [1.54, 1.807) is 18.2 Å². The third kappa shape index (κ3) is 11.3. The van der Waals surface area contributed by atoms with E-state index in [2.05, 4.69) is 6.92 Å². The van der Waals surface area contributed by atoms with Crippen LogP contribution < -0.4 is 61.2 Å². The van der Waals surface area contributed by atoms with Crippen molar-refractivity contribution in [3.8, 4) is 17.2 Å². The van der Waals surface area contributed by atoms with E-state index in [0.29, 0.717) is 0 Å². The van der Waals surface area contributed by atoms with Gasteiger partial charge in [-0.25, -0.2) is 0 Å². The molecule has 0 spiro atoms. The average Bonchev–Trinajstić information content (AvgIpc) is 2.68. The van der Waals surface area contributed by atoms with Crippen molar-refractivity contribution in [3.05, 3.63) is 48.0 Å². The summed E-state index contributed by atoms with van der Waals surface area (Å²) in [5.74, 6) is 0.0927. The van der Waals surface area contributed by atoms with E-state index < -0.39 is 10.1 Å². The Morgan fingerprint density at radius 2 is 1.45 bits per heavy atom. The number of ether oxygens (including phenoxy) is 1. The molecule has 0 amide bonds. The van der Waals surface area contributed by atoms with Gasteiger partial charge in [0.1, 0.15) is 16.4 Å². The van der Waals surface area contributed by atoms with E-state index in [0.717, 1.165) is 24.8 Å². The third-order valence-electron chi connectivity index (χ3n) is 5.11. The second-order valence-corrected chi connectivity index (χ2v) is 9.16. The summed E-state index contributed by atoms with van der Waals surface area (Å²) in [5.41, 5.74) is 0.876. The Bertz CT molecular complexity index is 883. The Labute approximate surface area is 229 Å². The molecular weight excluding hydrogens is 439 g/mol. The van der Waals surface area contributed by atoms with Crippen LogP contribution in [-0.2, 0) is 16.5 Å². The molecular formula is C24H33KO5S. The van der Waals surface area contributed by atoms with Crippen molar-refractivity contribution in [3.63, 3.8) is 0 Å². The summed E-state index contributed by atoms with van der Waals surface area (Å²) >= 11 is 0. The molecule has 2 aromatic carbocycles. The summed E-state index contributed by atoms with van der Waals surface area (Å²) in [5, 5.41) is 12.0. The summed E-state index contributed by atoms with van der Waals surface area (Å²) < 4.78 is 38.0. The Morgan fingerprint density at radius 3 is 2.06 bits per heavy atom. The first kappa shape index (κ1) is 28.6. The maximum atomic E-state index is 12.0. The van der Waals surface area contributed by atoms with Gasteiger partial charge in [0.2, 0.25) is 0 Å². The molecule has 0 aliphatic rings. The third-order valence-corrected chi connectivity index (χ3v) is 6.01. The maximum absolute atomic E-state index is 12.0. The van der Waals surface area contributed by atoms with Crippen LogP contribution in [0.15, 0.2) is 47.4 Å². The Morgan fingerprint density at radius 1 is 0.871 bits per heavy atom. The summed E-state index contributed by atoms with van der Waals surface area (Å²) in [4.78, 5) is -0.322. The fourth-order valence-corrected chi connectivity index (χ4v) is 4.14. The molecule has 1 N–H and O–H groups in total. The first-order valence-electron chi connectivity index (χ1n) is 11.0. The van der Waals surface area contributed by atoms with Crippen molar-refractivity contribution in [1.29, 1.82) is 0 Å². The van der Waals surface area contributed by atoms with Crippen LogP contribution in [0.2, 0.25) is 0 Å². The number of unbranched alkanes of at least 4 members (excludes halogenated alkanes) is 9. The molecule has 0 atom stereocenters. The minimum absolute atomic E-state index is 0. The summed E-state index contributed by atoms with van der Waals surface area (Å²) in [6, 6.07) is 10.5. The number of hydrogen-bond donors (Lipinski definition) is 1. The van der Waals surface area contributed by atoms with E-state index in [4.69, 9.17) is 4.74 Å². The molecule has 7 heteroatoms. The number of hydrogen-bond acceptors (Lipinski definition) is 4.